The minimum absolute atomic E-state index is 0.0874. The van der Waals surface area contributed by atoms with E-state index in [1.807, 2.05) is 6.92 Å². The Kier molecular flexibility index (Phi) is 4.31. The SMILES string of the molecule is CCC(C)(C#N)C(=O)N1CCCC(CO)C1. The third-order valence-corrected chi connectivity index (χ3v) is 3.49. The first-order valence-electron chi connectivity index (χ1n) is 5.89. The molecule has 0 aromatic rings. The van der Waals surface area contributed by atoms with Crippen LogP contribution < -0.4 is 0 Å². The van der Waals surface area contributed by atoms with Gasteiger partial charge in [0.25, 0.3) is 0 Å². The molecule has 16 heavy (non-hydrogen) atoms. The summed E-state index contributed by atoms with van der Waals surface area (Å²) in [6.45, 7) is 4.98. The van der Waals surface area contributed by atoms with Gasteiger partial charge in [0.15, 0.2) is 0 Å². The van der Waals surface area contributed by atoms with Crippen LogP contribution in [0.1, 0.15) is 33.1 Å². The summed E-state index contributed by atoms with van der Waals surface area (Å²) in [5.41, 5.74) is -0.905. The van der Waals surface area contributed by atoms with Crippen molar-refractivity contribution in [3.05, 3.63) is 0 Å². The average Bonchev–Trinajstić information content (AvgIpc) is 2.37. The summed E-state index contributed by atoms with van der Waals surface area (Å²) >= 11 is 0. The summed E-state index contributed by atoms with van der Waals surface area (Å²) < 4.78 is 0. The zero-order chi connectivity index (χ0) is 12.2. The molecule has 1 aliphatic rings. The first kappa shape index (κ1) is 13.0. The van der Waals surface area contributed by atoms with Crippen molar-refractivity contribution in [2.45, 2.75) is 33.1 Å². The molecule has 1 rings (SSSR count). The van der Waals surface area contributed by atoms with E-state index in [1.54, 1.807) is 11.8 Å². The lowest BCUT2D eigenvalue weighted by molar-refractivity contribution is -0.140. The van der Waals surface area contributed by atoms with Crippen LogP contribution in [0.25, 0.3) is 0 Å². The van der Waals surface area contributed by atoms with Crippen LogP contribution in [0, 0.1) is 22.7 Å². The number of hydrogen-bond acceptors (Lipinski definition) is 3. The predicted octanol–water partition coefficient (Wildman–Crippen LogP) is 1.16. The summed E-state index contributed by atoms with van der Waals surface area (Å²) in [5.74, 6) is 0.0909. The number of amides is 1. The predicted molar refractivity (Wildman–Crippen MR) is 60.4 cm³/mol. The van der Waals surface area contributed by atoms with Crippen molar-refractivity contribution in [2.75, 3.05) is 19.7 Å². The monoisotopic (exact) mass is 224 g/mol. The summed E-state index contributed by atoms with van der Waals surface area (Å²) in [4.78, 5) is 13.9. The maximum Gasteiger partial charge on any atom is 0.242 e. The fraction of sp³-hybridized carbons (Fsp3) is 0.833. The highest BCUT2D eigenvalue weighted by molar-refractivity contribution is 5.85. The van der Waals surface area contributed by atoms with Crippen LogP contribution in [0.3, 0.4) is 0 Å². The van der Waals surface area contributed by atoms with E-state index in [1.165, 1.54) is 0 Å². The molecule has 2 atom stereocenters. The average molecular weight is 224 g/mol. The van der Waals surface area contributed by atoms with Gasteiger partial charge in [-0.15, -0.1) is 0 Å². The molecule has 1 fully saturated rings. The quantitative estimate of drug-likeness (QED) is 0.782. The lowest BCUT2D eigenvalue weighted by Crippen LogP contribution is -2.47. The Balaban J connectivity index is 2.70. The number of likely N-dealkylation sites (tertiary alicyclic amines) is 1. The number of aliphatic hydroxyl groups excluding tert-OH is 1. The van der Waals surface area contributed by atoms with Gasteiger partial charge in [-0.3, -0.25) is 4.79 Å². The van der Waals surface area contributed by atoms with Crippen LogP contribution in [0.5, 0.6) is 0 Å². The van der Waals surface area contributed by atoms with E-state index in [0.29, 0.717) is 19.5 Å². The van der Waals surface area contributed by atoms with Crippen molar-refractivity contribution in [2.24, 2.45) is 11.3 Å². The van der Waals surface area contributed by atoms with Crippen LogP contribution in [0.4, 0.5) is 0 Å². The van der Waals surface area contributed by atoms with E-state index in [-0.39, 0.29) is 18.4 Å². The normalized spacial score (nSPS) is 24.6. The molecule has 4 nitrogen and oxygen atoms in total. The van der Waals surface area contributed by atoms with Crippen molar-refractivity contribution in [3.8, 4) is 6.07 Å². The molecule has 1 aliphatic heterocycles. The van der Waals surface area contributed by atoms with E-state index in [4.69, 9.17) is 10.4 Å². The second kappa shape index (κ2) is 5.31. The minimum atomic E-state index is -0.905. The van der Waals surface area contributed by atoms with Crippen LogP contribution in [-0.4, -0.2) is 35.6 Å². The molecule has 0 spiro atoms. The summed E-state index contributed by atoms with van der Waals surface area (Å²) in [6.07, 6.45) is 2.42. The Morgan fingerprint density at radius 3 is 2.88 bits per heavy atom. The Hall–Kier alpha value is -1.08. The van der Waals surface area contributed by atoms with Gasteiger partial charge < -0.3 is 10.0 Å². The molecule has 0 radical (unpaired) electrons. The van der Waals surface area contributed by atoms with E-state index < -0.39 is 5.41 Å². The molecular weight excluding hydrogens is 204 g/mol. The van der Waals surface area contributed by atoms with Gasteiger partial charge in [-0.05, 0) is 32.1 Å². The Morgan fingerprint density at radius 1 is 1.69 bits per heavy atom. The van der Waals surface area contributed by atoms with E-state index in [0.717, 1.165) is 12.8 Å². The van der Waals surface area contributed by atoms with Crippen LogP contribution >= 0.6 is 0 Å². The lowest BCUT2D eigenvalue weighted by atomic mass is 9.86. The Bertz CT molecular complexity index is 298. The van der Waals surface area contributed by atoms with Crippen LogP contribution in [-0.2, 0) is 4.79 Å². The second-order valence-electron chi connectivity index (χ2n) is 4.74. The maximum absolute atomic E-state index is 12.2. The highest BCUT2D eigenvalue weighted by Crippen LogP contribution is 2.26. The summed E-state index contributed by atoms with van der Waals surface area (Å²) in [7, 11) is 0. The van der Waals surface area contributed by atoms with Crippen LogP contribution in [0.15, 0.2) is 0 Å². The largest absolute Gasteiger partial charge is 0.396 e. The van der Waals surface area contributed by atoms with Crippen molar-refractivity contribution in [1.82, 2.24) is 4.90 Å². The number of aliphatic hydroxyl groups is 1. The van der Waals surface area contributed by atoms with E-state index in [2.05, 4.69) is 6.07 Å². The number of rotatable bonds is 3. The molecule has 4 heteroatoms. The van der Waals surface area contributed by atoms with Crippen LogP contribution in [0.2, 0.25) is 0 Å². The number of nitrogens with zero attached hydrogens (tertiary/aromatic N) is 2. The van der Waals surface area contributed by atoms with E-state index >= 15 is 0 Å². The lowest BCUT2D eigenvalue weighted by Gasteiger charge is -2.35. The smallest absolute Gasteiger partial charge is 0.242 e. The van der Waals surface area contributed by atoms with Crippen molar-refractivity contribution in [1.29, 1.82) is 5.26 Å². The molecule has 0 saturated carbocycles. The number of hydrogen-bond donors (Lipinski definition) is 1. The molecule has 1 heterocycles. The van der Waals surface area contributed by atoms with Crippen molar-refractivity contribution < 1.29 is 9.90 Å². The molecule has 0 aliphatic carbocycles. The van der Waals surface area contributed by atoms with Gasteiger partial charge in [-0.1, -0.05) is 6.92 Å². The molecule has 2 unspecified atom stereocenters. The highest BCUT2D eigenvalue weighted by atomic mass is 16.3. The third-order valence-electron chi connectivity index (χ3n) is 3.49. The van der Waals surface area contributed by atoms with Gasteiger partial charge in [0.1, 0.15) is 5.41 Å². The molecule has 0 aromatic heterocycles. The Labute approximate surface area is 96.9 Å². The number of piperidine rings is 1. The standard InChI is InChI=1S/C12H20N2O2/c1-3-12(2,9-13)11(16)14-6-4-5-10(7-14)8-15/h10,15H,3-8H2,1-2H3. The third kappa shape index (κ3) is 2.53. The first-order valence-corrected chi connectivity index (χ1v) is 5.89. The molecular formula is C12H20N2O2. The molecule has 1 saturated heterocycles. The van der Waals surface area contributed by atoms with Gasteiger partial charge >= 0.3 is 0 Å². The Morgan fingerprint density at radius 2 is 2.38 bits per heavy atom. The number of nitriles is 1. The second-order valence-corrected chi connectivity index (χ2v) is 4.74. The molecule has 1 N–H and O–H groups in total. The van der Waals surface area contributed by atoms with Crippen molar-refractivity contribution in [3.63, 3.8) is 0 Å². The van der Waals surface area contributed by atoms with Gasteiger partial charge in [-0.25, -0.2) is 0 Å². The topological polar surface area (TPSA) is 64.3 Å². The zero-order valence-electron chi connectivity index (χ0n) is 10.1. The summed E-state index contributed by atoms with van der Waals surface area (Å²) in [5, 5.41) is 18.2. The van der Waals surface area contributed by atoms with Gasteiger partial charge in [-0.2, -0.15) is 5.26 Å². The molecule has 90 valence electrons. The minimum Gasteiger partial charge on any atom is -0.396 e. The van der Waals surface area contributed by atoms with E-state index in [9.17, 15) is 4.79 Å². The fourth-order valence-electron chi connectivity index (χ4n) is 2.03. The molecule has 0 bridgehead atoms. The fourth-order valence-corrected chi connectivity index (χ4v) is 2.03. The van der Waals surface area contributed by atoms with Crippen molar-refractivity contribution >= 4 is 5.91 Å². The van der Waals surface area contributed by atoms with Gasteiger partial charge in [0, 0.05) is 19.7 Å². The highest BCUT2D eigenvalue weighted by Gasteiger charge is 2.36. The zero-order valence-corrected chi connectivity index (χ0v) is 10.1. The van der Waals surface area contributed by atoms with Gasteiger partial charge in [0.2, 0.25) is 5.91 Å². The van der Waals surface area contributed by atoms with Gasteiger partial charge in [0.05, 0.1) is 6.07 Å². The first-order chi connectivity index (χ1) is 7.57. The summed E-state index contributed by atoms with van der Waals surface area (Å²) in [6, 6.07) is 2.10. The number of carbonyl (C=O) groups is 1. The maximum atomic E-state index is 12.2. The molecule has 1 amide bonds. The molecule has 0 aromatic carbocycles. The number of carbonyl (C=O) groups excluding carboxylic acids is 1.